The molecule has 0 aliphatic heterocycles. The van der Waals surface area contributed by atoms with Crippen LogP contribution in [0.5, 0.6) is 0 Å². The molecule has 0 unspecified atom stereocenters. The van der Waals surface area contributed by atoms with Crippen LogP contribution in [0.2, 0.25) is 5.15 Å². The Labute approximate surface area is 143 Å². The van der Waals surface area contributed by atoms with Crippen LogP contribution in [0.25, 0.3) is 16.9 Å². The van der Waals surface area contributed by atoms with Gasteiger partial charge in [0.15, 0.2) is 0 Å². The molecule has 0 atom stereocenters. The van der Waals surface area contributed by atoms with Gasteiger partial charge in [-0.3, -0.25) is 9.55 Å². The van der Waals surface area contributed by atoms with Crippen LogP contribution in [0.4, 0.5) is 5.82 Å². The second kappa shape index (κ2) is 6.25. The second-order valence-electron chi connectivity index (χ2n) is 5.21. The fourth-order valence-corrected chi connectivity index (χ4v) is 2.57. The van der Waals surface area contributed by atoms with Crippen molar-refractivity contribution in [2.24, 2.45) is 0 Å². The van der Waals surface area contributed by atoms with E-state index in [4.69, 9.17) is 11.6 Å². The summed E-state index contributed by atoms with van der Waals surface area (Å²) in [6.45, 7) is 0.590. The van der Waals surface area contributed by atoms with Crippen molar-refractivity contribution in [3.05, 3.63) is 72.0 Å². The molecule has 0 saturated carbocycles. The molecule has 1 N–H and O–H groups in total. The first kappa shape index (κ1) is 14.6. The van der Waals surface area contributed by atoms with Crippen molar-refractivity contribution in [2.75, 3.05) is 5.32 Å². The number of hydrogen-bond donors (Lipinski definition) is 1. The van der Waals surface area contributed by atoms with Crippen LogP contribution in [0.1, 0.15) is 5.56 Å². The molecule has 24 heavy (non-hydrogen) atoms. The number of halogens is 1. The van der Waals surface area contributed by atoms with Crippen molar-refractivity contribution in [1.29, 1.82) is 0 Å². The maximum absolute atomic E-state index is 5.82. The molecule has 0 aliphatic rings. The highest BCUT2D eigenvalue weighted by atomic mass is 35.5. The standard InChI is InChI=1S/C17H13ClN6/c18-15-9-19-10-16(23-15)20-7-12-5-6-17(21-8-12)24-11-22-13-3-1-2-4-14(13)24/h1-6,8-11H,7H2,(H,20,23). The molecule has 0 saturated heterocycles. The van der Waals surface area contributed by atoms with E-state index in [-0.39, 0.29) is 0 Å². The lowest BCUT2D eigenvalue weighted by atomic mass is 10.2. The Morgan fingerprint density at radius 2 is 1.92 bits per heavy atom. The lowest BCUT2D eigenvalue weighted by Crippen LogP contribution is -2.03. The van der Waals surface area contributed by atoms with Gasteiger partial charge in [0, 0.05) is 12.7 Å². The summed E-state index contributed by atoms with van der Waals surface area (Å²) in [5.41, 5.74) is 3.01. The number of fused-ring (bicyclic) bond motifs is 1. The van der Waals surface area contributed by atoms with Gasteiger partial charge < -0.3 is 5.32 Å². The van der Waals surface area contributed by atoms with Crippen LogP contribution in [-0.2, 0) is 6.54 Å². The highest BCUT2D eigenvalue weighted by molar-refractivity contribution is 6.29. The van der Waals surface area contributed by atoms with Crippen molar-refractivity contribution in [3.63, 3.8) is 0 Å². The predicted octanol–water partition coefficient (Wildman–Crippen LogP) is 3.48. The summed E-state index contributed by atoms with van der Waals surface area (Å²) in [7, 11) is 0. The van der Waals surface area contributed by atoms with Gasteiger partial charge in [-0.15, -0.1) is 0 Å². The number of anilines is 1. The molecule has 0 aliphatic carbocycles. The Kier molecular flexibility index (Phi) is 3.80. The summed E-state index contributed by atoms with van der Waals surface area (Å²) in [4.78, 5) is 17.0. The minimum atomic E-state index is 0.362. The molecule has 0 fully saturated rings. The molecular weight excluding hydrogens is 324 g/mol. The summed E-state index contributed by atoms with van der Waals surface area (Å²) < 4.78 is 1.97. The van der Waals surface area contributed by atoms with Crippen molar-refractivity contribution < 1.29 is 0 Å². The number of nitrogens with zero attached hydrogens (tertiary/aromatic N) is 5. The highest BCUT2D eigenvalue weighted by Gasteiger charge is 2.05. The zero-order valence-electron chi connectivity index (χ0n) is 12.6. The van der Waals surface area contributed by atoms with Gasteiger partial charge in [0.05, 0.1) is 23.4 Å². The zero-order valence-corrected chi connectivity index (χ0v) is 13.4. The minimum Gasteiger partial charge on any atom is -0.365 e. The average Bonchev–Trinajstić information content (AvgIpc) is 3.05. The first-order chi connectivity index (χ1) is 11.8. The summed E-state index contributed by atoms with van der Waals surface area (Å²) >= 11 is 5.82. The first-order valence-corrected chi connectivity index (χ1v) is 7.76. The minimum absolute atomic E-state index is 0.362. The molecule has 4 aromatic rings. The van der Waals surface area contributed by atoms with Gasteiger partial charge in [-0.2, -0.15) is 0 Å². The van der Waals surface area contributed by atoms with E-state index >= 15 is 0 Å². The average molecular weight is 337 g/mol. The molecule has 1 aromatic carbocycles. The van der Waals surface area contributed by atoms with Gasteiger partial charge in [-0.25, -0.2) is 15.0 Å². The normalized spacial score (nSPS) is 10.9. The van der Waals surface area contributed by atoms with E-state index in [2.05, 4.69) is 25.3 Å². The van der Waals surface area contributed by atoms with Gasteiger partial charge in [0.2, 0.25) is 0 Å². The van der Waals surface area contributed by atoms with Gasteiger partial charge in [-0.1, -0.05) is 29.8 Å². The first-order valence-electron chi connectivity index (χ1n) is 7.38. The monoisotopic (exact) mass is 336 g/mol. The number of aromatic nitrogens is 5. The van der Waals surface area contributed by atoms with Crippen LogP contribution in [0.15, 0.2) is 61.3 Å². The number of rotatable bonds is 4. The molecule has 0 bridgehead atoms. The van der Waals surface area contributed by atoms with E-state index in [0.717, 1.165) is 22.4 Å². The molecule has 3 heterocycles. The van der Waals surface area contributed by atoms with E-state index < -0.39 is 0 Å². The fraction of sp³-hybridized carbons (Fsp3) is 0.0588. The van der Waals surface area contributed by atoms with Crippen LogP contribution in [0.3, 0.4) is 0 Å². The van der Waals surface area contributed by atoms with Crippen LogP contribution in [-0.4, -0.2) is 24.5 Å². The molecular formula is C17H13ClN6. The Hall–Kier alpha value is -2.99. The maximum Gasteiger partial charge on any atom is 0.149 e. The zero-order chi connectivity index (χ0) is 16.4. The second-order valence-corrected chi connectivity index (χ2v) is 5.60. The summed E-state index contributed by atoms with van der Waals surface area (Å²) in [6.07, 6.45) is 6.74. The molecule has 7 heteroatoms. The molecule has 0 spiro atoms. The number of para-hydroxylation sites is 2. The van der Waals surface area contributed by atoms with Gasteiger partial charge in [0.1, 0.15) is 23.1 Å². The summed E-state index contributed by atoms with van der Waals surface area (Å²) in [6, 6.07) is 12.0. The van der Waals surface area contributed by atoms with Crippen LogP contribution < -0.4 is 5.32 Å². The third-order valence-electron chi connectivity index (χ3n) is 3.59. The van der Waals surface area contributed by atoms with E-state index in [1.165, 1.54) is 6.20 Å². The summed E-state index contributed by atoms with van der Waals surface area (Å²) in [5, 5.41) is 3.53. The van der Waals surface area contributed by atoms with Crippen molar-refractivity contribution in [1.82, 2.24) is 24.5 Å². The Bertz CT molecular complexity index is 980. The molecule has 3 aromatic heterocycles. The number of imidazole rings is 1. The van der Waals surface area contributed by atoms with Gasteiger partial charge in [-0.05, 0) is 23.8 Å². The molecule has 0 amide bonds. The topological polar surface area (TPSA) is 68.5 Å². The quantitative estimate of drug-likeness (QED) is 0.618. The molecule has 118 valence electrons. The van der Waals surface area contributed by atoms with E-state index in [9.17, 15) is 0 Å². The lowest BCUT2D eigenvalue weighted by molar-refractivity contribution is 0.998. The predicted molar refractivity (Wildman–Crippen MR) is 93.2 cm³/mol. The largest absolute Gasteiger partial charge is 0.365 e. The van der Waals surface area contributed by atoms with Crippen LogP contribution >= 0.6 is 11.6 Å². The third-order valence-corrected chi connectivity index (χ3v) is 3.77. The Morgan fingerprint density at radius 1 is 1.00 bits per heavy atom. The van der Waals surface area contributed by atoms with E-state index in [1.54, 1.807) is 12.5 Å². The fourth-order valence-electron chi connectivity index (χ4n) is 2.43. The Morgan fingerprint density at radius 3 is 2.75 bits per heavy atom. The van der Waals surface area contributed by atoms with E-state index in [0.29, 0.717) is 17.5 Å². The van der Waals surface area contributed by atoms with Gasteiger partial charge >= 0.3 is 0 Å². The van der Waals surface area contributed by atoms with Crippen LogP contribution in [0, 0.1) is 0 Å². The summed E-state index contributed by atoms with van der Waals surface area (Å²) in [5.74, 6) is 1.46. The molecule has 4 rings (SSSR count). The van der Waals surface area contributed by atoms with Gasteiger partial charge in [0.25, 0.3) is 0 Å². The van der Waals surface area contributed by atoms with Crippen molar-refractivity contribution in [2.45, 2.75) is 6.54 Å². The lowest BCUT2D eigenvalue weighted by Gasteiger charge is -2.07. The Balaban J connectivity index is 1.52. The molecule has 0 radical (unpaired) electrons. The number of benzene rings is 1. The van der Waals surface area contributed by atoms with Crippen molar-refractivity contribution in [3.8, 4) is 5.82 Å². The maximum atomic E-state index is 5.82. The SMILES string of the molecule is Clc1cncc(NCc2ccc(-n3cnc4ccccc43)nc2)n1. The smallest absolute Gasteiger partial charge is 0.149 e. The number of hydrogen-bond acceptors (Lipinski definition) is 5. The number of nitrogens with one attached hydrogen (secondary N) is 1. The third kappa shape index (κ3) is 2.91. The number of pyridine rings is 1. The molecule has 6 nitrogen and oxygen atoms in total. The van der Waals surface area contributed by atoms with Crippen molar-refractivity contribution >= 4 is 28.5 Å². The van der Waals surface area contributed by atoms with E-state index in [1.807, 2.05) is 47.2 Å². The highest BCUT2D eigenvalue weighted by Crippen LogP contribution is 2.16.